The van der Waals surface area contributed by atoms with Crippen molar-refractivity contribution in [2.24, 2.45) is 0 Å². The molecule has 0 bridgehead atoms. The van der Waals surface area contributed by atoms with Gasteiger partial charge in [-0.2, -0.15) is 0 Å². The van der Waals surface area contributed by atoms with E-state index in [4.69, 9.17) is 16.0 Å². The third-order valence-electron chi connectivity index (χ3n) is 2.14. The van der Waals surface area contributed by atoms with Crippen LogP contribution in [0.25, 0.3) is 0 Å². The molecule has 0 N–H and O–H groups in total. The van der Waals surface area contributed by atoms with Crippen LogP contribution in [0.1, 0.15) is 18.2 Å². The van der Waals surface area contributed by atoms with Crippen LogP contribution in [0.4, 0.5) is 0 Å². The molecule has 0 amide bonds. The zero-order valence-corrected chi connectivity index (χ0v) is 10.4. The Morgan fingerprint density at radius 3 is 3.00 bits per heavy atom. The molecule has 2 heterocycles. The molecule has 0 atom stereocenters. The van der Waals surface area contributed by atoms with Crippen molar-refractivity contribution in [2.75, 3.05) is 0 Å². The lowest BCUT2D eigenvalue weighted by molar-refractivity contribution is 0.530. The van der Waals surface area contributed by atoms with Crippen molar-refractivity contribution >= 4 is 23.4 Å². The van der Waals surface area contributed by atoms with Gasteiger partial charge in [-0.05, 0) is 18.6 Å². The van der Waals surface area contributed by atoms with Gasteiger partial charge in [0.05, 0.1) is 12.0 Å². The summed E-state index contributed by atoms with van der Waals surface area (Å²) in [5, 5.41) is 1.47. The highest BCUT2D eigenvalue weighted by Gasteiger charge is 2.09. The van der Waals surface area contributed by atoms with Crippen molar-refractivity contribution in [1.29, 1.82) is 0 Å². The number of halogens is 1. The molecule has 84 valence electrons. The molecule has 2 rings (SSSR count). The number of furan rings is 1. The van der Waals surface area contributed by atoms with Crippen LogP contribution >= 0.6 is 23.4 Å². The first-order valence-electron chi connectivity index (χ1n) is 4.95. The van der Waals surface area contributed by atoms with Crippen LogP contribution in [0.2, 0.25) is 5.15 Å². The van der Waals surface area contributed by atoms with Gasteiger partial charge in [-0.25, -0.2) is 9.97 Å². The molecule has 2 aromatic rings. The fraction of sp³-hybridized carbons (Fsp3) is 0.273. The molecule has 16 heavy (non-hydrogen) atoms. The lowest BCUT2D eigenvalue weighted by atomic mass is 10.3. The van der Waals surface area contributed by atoms with Gasteiger partial charge >= 0.3 is 0 Å². The van der Waals surface area contributed by atoms with Crippen molar-refractivity contribution < 1.29 is 4.42 Å². The molecule has 0 aliphatic rings. The molecule has 0 saturated heterocycles. The molecule has 0 fully saturated rings. The smallest absolute Gasteiger partial charge is 0.136 e. The minimum Gasteiger partial charge on any atom is -0.468 e. The number of nitrogens with zero attached hydrogens (tertiary/aromatic N) is 2. The van der Waals surface area contributed by atoms with Gasteiger partial charge in [0.1, 0.15) is 22.3 Å². The van der Waals surface area contributed by atoms with E-state index in [-0.39, 0.29) is 0 Å². The summed E-state index contributed by atoms with van der Waals surface area (Å²) in [5.74, 6) is 1.69. The fourth-order valence-corrected chi connectivity index (χ4v) is 2.63. The third-order valence-corrected chi connectivity index (χ3v) is 3.52. The Labute approximate surface area is 103 Å². The van der Waals surface area contributed by atoms with Gasteiger partial charge < -0.3 is 4.42 Å². The topological polar surface area (TPSA) is 38.9 Å². The Kier molecular flexibility index (Phi) is 3.85. The maximum absolute atomic E-state index is 6.00. The highest BCUT2D eigenvalue weighted by Crippen LogP contribution is 2.27. The molecule has 0 aromatic carbocycles. The summed E-state index contributed by atoms with van der Waals surface area (Å²) in [6.07, 6.45) is 4.00. The van der Waals surface area contributed by atoms with Gasteiger partial charge in [0.15, 0.2) is 0 Å². The second kappa shape index (κ2) is 5.37. The van der Waals surface area contributed by atoms with E-state index in [9.17, 15) is 0 Å². The molecular formula is C11H11ClN2OS. The standard InChI is InChI=1S/C11H11ClN2OS/c1-2-9-10(12)13-7-14-11(9)16-6-8-4-3-5-15-8/h3-5,7H,2,6H2,1H3. The number of thioether (sulfide) groups is 1. The van der Waals surface area contributed by atoms with Gasteiger partial charge in [0.25, 0.3) is 0 Å². The quantitative estimate of drug-likeness (QED) is 0.618. The molecule has 0 unspecified atom stereocenters. The maximum Gasteiger partial charge on any atom is 0.136 e. The first-order valence-corrected chi connectivity index (χ1v) is 6.32. The molecule has 0 aliphatic heterocycles. The Balaban J connectivity index is 2.12. The van der Waals surface area contributed by atoms with Gasteiger partial charge in [0, 0.05) is 5.56 Å². The summed E-state index contributed by atoms with van der Waals surface area (Å²) in [6.45, 7) is 2.04. The predicted octanol–water partition coefficient (Wildman–Crippen LogP) is 3.58. The minimum absolute atomic E-state index is 0.541. The van der Waals surface area contributed by atoms with Crippen molar-refractivity contribution in [3.63, 3.8) is 0 Å². The summed E-state index contributed by atoms with van der Waals surface area (Å²) < 4.78 is 5.26. The van der Waals surface area contributed by atoms with E-state index in [2.05, 4.69) is 9.97 Å². The van der Waals surface area contributed by atoms with E-state index >= 15 is 0 Å². The van der Waals surface area contributed by atoms with Gasteiger partial charge in [-0.15, -0.1) is 0 Å². The molecule has 0 saturated carbocycles. The molecule has 0 spiro atoms. The van der Waals surface area contributed by atoms with E-state index in [1.165, 1.54) is 6.33 Å². The second-order valence-electron chi connectivity index (χ2n) is 3.17. The zero-order valence-electron chi connectivity index (χ0n) is 8.81. The molecule has 2 aromatic heterocycles. The largest absolute Gasteiger partial charge is 0.468 e. The summed E-state index contributed by atoms with van der Waals surface area (Å²) in [4.78, 5) is 8.21. The van der Waals surface area contributed by atoms with Gasteiger partial charge in [-0.3, -0.25) is 0 Å². The van der Waals surface area contributed by atoms with Crippen LogP contribution in [0.3, 0.4) is 0 Å². The average Bonchev–Trinajstić information content (AvgIpc) is 2.79. The minimum atomic E-state index is 0.541. The Hall–Kier alpha value is -1.00. The molecular weight excluding hydrogens is 244 g/mol. The van der Waals surface area contributed by atoms with E-state index in [0.717, 1.165) is 28.5 Å². The summed E-state index contributed by atoms with van der Waals surface area (Å²) in [6, 6.07) is 3.82. The number of rotatable bonds is 4. The van der Waals surface area contributed by atoms with Crippen LogP contribution < -0.4 is 0 Å². The summed E-state index contributed by atoms with van der Waals surface area (Å²) in [5.41, 5.74) is 1.00. The first-order chi connectivity index (χ1) is 7.81. The van der Waals surface area contributed by atoms with Crippen LogP contribution in [0.5, 0.6) is 0 Å². The monoisotopic (exact) mass is 254 g/mol. The average molecular weight is 255 g/mol. The number of hydrogen-bond donors (Lipinski definition) is 0. The van der Waals surface area contributed by atoms with E-state index in [1.54, 1.807) is 18.0 Å². The van der Waals surface area contributed by atoms with Crippen molar-refractivity contribution in [3.8, 4) is 0 Å². The van der Waals surface area contributed by atoms with Gasteiger partial charge in [0.2, 0.25) is 0 Å². The SMILES string of the molecule is CCc1c(Cl)ncnc1SCc1ccco1. The third kappa shape index (κ3) is 2.57. The summed E-state index contributed by atoms with van der Waals surface area (Å²) in [7, 11) is 0. The first kappa shape index (κ1) is 11.5. The second-order valence-corrected chi connectivity index (χ2v) is 4.49. The normalized spacial score (nSPS) is 10.6. The number of aromatic nitrogens is 2. The highest BCUT2D eigenvalue weighted by molar-refractivity contribution is 7.98. The summed E-state index contributed by atoms with van der Waals surface area (Å²) >= 11 is 7.62. The predicted molar refractivity (Wildman–Crippen MR) is 64.7 cm³/mol. The van der Waals surface area contributed by atoms with E-state index < -0.39 is 0 Å². The fourth-order valence-electron chi connectivity index (χ4n) is 1.33. The lowest BCUT2D eigenvalue weighted by Crippen LogP contribution is -1.94. The van der Waals surface area contributed by atoms with E-state index in [0.29, 0.717) is 5.15 Å². The molecule has 5 heteroatoms. The van der Waals surface area contributed by atoms with E-state index in [1.807, 2.05) is 19.1 Å². The molecule has 0 radical (unpaired) electrons. The molecule has 3 nitrogen and oxygen atoms in total. The van der Waals surface area contributed by atoms with Crippen LogP contribution in [0, 0.1) is 0 Å². The van der Waals surface area contributed by atoms with Crippen LogP contribution in [0.15, 0.2) is 34.2 Å². The van der Waals surface area contributed by atoms with Crippen molar-refractivity contribution in [2.45, 2.75) is 24.1 Å². The van der Waals surface area contributed by atoms with Crippen molar-refractivity contribution in [1.82, 2.24) is 9.97 Å². The highest BCUT2D eigenvalue weighted by atomic mass is 35.5. The van der Waals surface area contributed by atoms with Gasteiger partial charge in [-0.1, -0.05) is 30.3 Å². The molecule has 0 aliphatic carbocycles. The van der Waals surface area contributed by atoms with Crippen molar-refractivity contribution in [3.05, 3.63) is 41.2 Å². The van der Waals surface area contributed by atoms with Crippen LogP contribution in [-0.4, -0.2) is 9.97 Å². The lowest BCUT2D eigenvalue weighted by Gasteiger charge is -2.05. The number of hydrogen-bond acceptors (Lipinski definition) is 4. The Morgan fingerprint density at radius 2 is 2.31 bits per heavy atom. The Morgan fingerprint density at radius 1 is 1.44 bits per heavy atom. The maximum atomic E-state index is 6.00. The zero-order chi connectivity index (χ0) is 11.4. The van der Waals surface area contributed by atoms with Crippen LogP contribution in [-0.2, 0) is 12.2 Å². The Bertz CT molecular complexity index is 459.